The molecule has 2 rings (SSSR count). The van der Waals surface area contributed by atoms with Gasteiger partial charge in [0.05, 0.1) is 13.7 Å². The highest BCUT2D eigenvalue weighted by Crippen LogP contribution is 2.20. The van der Waals surface area contributed by atoms with Crippen molar-refractivity contribution in [3.05, 3.63) is 29.8 Å². The van der Waals surface area contributed by atoms with Gasteiger partial charge in [0.2, 0.25) is 5.91 Å². The summed E-state index contributed by atoms with van der Waals surface area (Å²) in [6.45, 7) is 4.50. The van der Waals surface area contributed by atoms with Gasteiger partial charge in [0.15, 0.2) is 0 Å². The third-order valence-electron chi connectivity index (χ3n) is 4.30. The maximum absolute atomic E-state index is 12.2. The van der Waals surface area contributed by atoms with Crippen LogP contribution in [0.25, 0.3) is 0 Å². The summed E-state index contributed by atoms with van der Waals surface area (Å²) in [5, 5.41) is 0. The Balaban J connectivity index is 1.89. The maximum Gasteiger partial charge on any atom is 0.236 e. The fraction of sp³-hybridized carbons (Fsp3) is 0.588. The summed E-state index contributed by atoms with van der Waals surface area (Å²) in [5.74, 6) is 1.17. The lowest BCUT2D eigenvalue weighted by Gasteiger charge is -2.27. The Labute approximate surface area is 127 Å². The second-order valence-electron chi connectivity index (χ2n) is 5.87. The summed E-state index contributed by atoms with van der Waals surface area (Å²) in [6, 6.07) is 8.38. The van der Waals surface area contributed by atoms with Gasteiger partial charge in [-0.3, -0.25) is 9.69 Å². The summed E-state index contributed by atoms with van der Waals surface area (Å²) in [4.78, 5) is 16.3. The van der Waals surface area contributed by atoms with Crippen LogP contribution in [0.3, 0.4) is 0 Å². The molecule has 116 valence electrons. The molecule has 1 saturated heterocycles. The van der Waals surface area contributed by atoms with Crippen LogP contribution in [0.5, 0.6) is 5.75 Å². The van der Waals surface area contributed by atoms with E-state index in [-0.39, 0.29) is 5.91 Å². The standard InChI is InChI=1S/C17H26N2O2/c1-14(12-15-8-4-5-9-16(15)21-3)18(2)13-17(20)19-10-6-7-11-19/h4-5,8-9,14H,6-7,10-13H2,1-3H3. The number of methoxy groups -OCH3 is 1. The molecule has 1 amide bonds. The smallest absolute Gasteiger partial charge is 0.236 e. The molecule has 1 aromatic rings. The van der Waals surface area contributed by atoms with Crippen LogP contribution >= 0.6 is 0 Å². The molecule has 4 nitrogen and oxygen atoms in total. The maximum atomic E-state index is 12.2. The molecule has 0 saturated carbocycles. The van der Waals surface area contributed by atoms with Crippen LogP contribution in [-0.2, 0) is 11.2 Å². The van der Waals surface area contributed by atoms with Crippen molar-refractivity contribution in [1.82, 2.24) is 9.80 Å². The molecule has 0 spiro atoms. The Morgan fingerprint density at radius 2 is 2.00 bits per heavy atom. The molecule has 0 radical (unpaired) electrons. The van der Waals surface area contributed by atoms with E-state index in [1.54, 1.807) is 7.11 Å². The predicted octanol–water partition coefficient (Wildman–Crippen LogP) is 2.18. The summed E-state index contributed by atoms with van der Waals surface area (Å²) in [7, 11) is 3.72. The van der Waals surface area contributed by atoms with Crippen molar-refractivity contribution >= 4 is 5.91 Å². The number of likely N-dealkylation sites (N-methyl/N-ethyl adjacent to an activating group) is 1. The molecule has 0 N–H and O–H groups in total. The number of rotatable bonds is 6. The molecule has 1 aliphatic rings. The van der Waals surface area contributed by atoms with Gasteiger partial charge < -0.3 is 9.64 Å². The zero-order chi connectivity index (χ0) is 15.2. The Morgan fingerprint density at radius 3 is 2.67 bits per heavy atom. The van der Waals surface area contributed by atoms with E-state index in [2.05, 4.69) is 17.9 Å². The Hall–Kier alpha value is -1.55. The van der Waals surface area contributed by atoms with Gasteiger partial charge in [-0.15, -0.1) is 0 Å². The molecule has 1 heterocycles. The minimum atomic E-state index is 0.252. The van der Waals surface area contributed by atoms with E-state index in [9.17, 15) is 4.79 Å². The van der Waals surface area contributed by atoms with Crippen LogP contribution in [0, 0.1) is 0 Å². The van der Waals surface area contributed by atoms with Gasteiger partial charge in [0.1, 0.15) is 5.75 Å². The highest BCUT2D eigenvalue weighted by molar-refractivity contribution is 5.78. The van der Waals surface area contributed by atoms with Crippen LogP contribution < -0.4 is 4.74 Å². The topological polar surface area (TPSA) is 32.8 Å². The number of carbonyl (C=O) groups is 1. The Bertz CT molecular complexity index is 470. The third-order valence-corrected chi connectivity index (χ3v) is 4.30. The number of benzene rings is 1. The largest absolute Gasteiger partial charge is 0.496 e. The average molecular weight is 290 g/mol. The van der Waals surface area contributed by atoms with Crippen LogP contribution in [0.1, 0.15) is 25.3 Å². The highest BCUT2D eigenvalue weighted by Gasteiger charge is 2.21. The number of nitrogens with zero attached hydrogens (tertiary/aromatic N) is 2. The van der Waals surface area contributed by atoms with Crippen LogP contribution in [0.2, 0.25) is 0 Å². The quantitative estimate of drug-likeness (QED) is 0.805. The summed E-state index contributed by atoms with van der Waals surface area (Å²) < 4.78 is 5.39. The monoisotopic (exact) mass is 290 g/mol. The van der Waals surface area contributed by atoms with Crippen molar-refractivity contribution < 1.29 is 9.53 Å². The summed E-state index contributed by atoms with van der Waals surface area (Å²) in [5.41, 5.74) is 1.19. The molecule has 0 aliphatic carbocycles. The highest BCUT2D eigenvalue weighted by atomic mass is 16.5. The minimum Gasteiger partial charge on any atom is -0.496 e. The number of hydrogen-bond acceptors (Lipinski definition) is 3. The zero-order valence-corrected chi connectivity index (χ0v) is 13.3. The first kappa shape index (κ1) is 15.8. The van der Waals surface area contributed by atoms with Crippen LogP contribution in [0.4, 0.5) is 0 Å². The molecule has 1 fully saturated rings. The predicted molar refractivity (Wildman–Crippen MR) is 84.6 cm³/mol. The average Bonchev–Trinajstić information content (AvgIpc) is 3.02. The summed E-state index contributed by atoms with van der Waals surface area (Å²) >= 11 is 0. The minimum absolute atomic E-state index is 0.252. The van der Waals surface area contributed by atoms with E-state index in [0.29, 0.717) is 12.6 Å². The molecule has 1 atom stereocenters. The van der Waals surface area contributed by atoms with E-state index in [1.165, 1.54) is 5.56 Å². The summed E-state index contributed by atoms with van der Waals surface area (Å²) in [6.07, 6.45) is 3.17. The molecule has 1 aromatic carbocycles. The fourth-order valence-corrected chi connectivity index (χ4v) is 2.78. The first-order valence-electron chi connectivity index (χ1n) is 7.71. The number of likely N-dealkylation sites (tertiary alicyclic amines) is 1. The molecular weight excluding hydrogens is 264 g/mol. The van der Waals surface area contributed by atoms with Gasteiger partial charge in [-0.25, -0.2) is 0 Å². The van der Waals surface area contributed by atoms with Crippen LogP contribution in [-0.4, -0.2) is 55.5 Å². The van der Waals surface area contributed by atoms with E-state index >= 15 is 0 Å². The second-order valence-corrected chi connectivity index (χ2v) is 5.87. The van der Waals surface area contributed by atoms with Gasteiger partial charge in [0, 0.05) is 19.1 Å². The van der Waals surface area contributed by atoms with Crippen molar-refractivity contribution in [2.45, 2.75) is 32.2 Å². The van der Waals surface area contributed by atoms with E-state index in [0.717, 1.165) is 38.1 Å². The molecule has 21 heavy (non-hydrogen) atoms. The fourth-order valence-electron chi connectivity index (χ4n) is 2.78. The lowest BCUT2D eigenvalue weighted by molar-refractivity contribution is -0.131. The number of amides is 1. The lowest BCUT2D eigenvalue weighted by Crippen LogP contribution is -2.41. The third kappa shape index (κ3) is 4.21. The number of hydrogen-bond donors (Lipinski definition) is 0. The SMILES string of the molecule is COc1ccccc1CC(C)N(C)CC(=O)N1CCCC1. The Kier molecular flexibility index (Phi) is 5.62. The molecule has 1 aliphatic heterocycles. The first-order valence-corrected chi connectivity index (χ1v) is 7.71. The van der Waals surface area contributed by atoms with Crippen molar-refractivity contribution in [3.63, 3.8) is 0 Å². The van der Waals surface area contributed by atoms with Gasteiger partial charge in [-0.2, -0.15) is 0 Å². The van der Waals surface area contributed by atoms with Crippen molar-refractivity contribution in [3.8, 4) is 5.75 Å². The second kappa shape index (κ2) is 7.46. The van der Waals surface area contributed by atoms with Crippen molar-refractivity contribution in [2.24, 2.45) is 0 Å². The van der Waals surface area contributed by atoms with Gasteiger partial charge in [-0.1, -0.05) is 18.2 Å². The van der Waals surface area contributed by atoms with Gasteiger partial charge >= 0.3 is 0 Å². The van der Waals surface area contributed by atoms with Crippen molar-refractivity contribution in [2.75, 3.05) is 33.8 Å². The van der Waals surface area contributed by atoms with E-state index < -0.39 is 0 Å². The van der Waals surface area contributed by atoms with Gasteiger partial charge in [-0.05, 0) is 44.9 Å². The number of carbonyl (C=O) groups excluding carboxylic acids is 1. The van der Waals surface area contributed by atoms with Crippen LogP contribution in [0.15, 0.2) is 24.3 Å². The lowest BCUT2D eigenvalue weighted by atomic mass is 10.1. The van der Waals surface area contributed by atoms with E-state index in [4.69, 9.17) is 4.74 Å². The Morgan fingerprint density at radius 1 is 1.33 bits per heavy atom. The molecule has 4 heteroatoms. The molecule has 0 aromatic heterocycles. The number of para-hydroxylation sites is 1. The molecular formula is C17H26N2O2. The van der Waals surface area contributed by atoms with Crippen molar-refractivity contribution in [1.29, 1.82) is 0 Å². The molecule has 0 bridgehead atoms. The number of ether oxygens (including phenoxy) is 1. The van der Waals surface area contributed by atoms with E-state index in [1.807, 2.05) is 30.1 Å². The van der Waals surface area contributed by atoms with Gasteiger partial charge in [0.25, 0.3) is 0 Å². The zero-order valence-electron chi connectivity index (χ0n) is 13.3. The molecule has 1 unspecified atom stereocenters. The first-order chi connectivity index (χ1) is 10.1. The normalized spacial score (nSPS) is 16.3.